The fourth-order valence-corrected chi connectivity index (χ4v) is 5.79. The van der Waals surface area contributed by atoms with Crippen molar-refractivity contribution in [2.75, 3.05) is 11.4 Å². The monoisotopic (exact) mass is 583 g/mol. The van der Waals surface area contributed by atoms with Gasteiger partial charge in [-0.2, -0.15) is 10.2 Å². The summed E-state index contributed by atoms with van der Waals surface area (Å²) in [6.07, 6.45) is 0.902. The van der Waals surface area contributed by atoms with Crippen LogP contribution in [0.3, 0.4) is 0 Å². The summed E-state index contributed by atoms with van der Waals surface area (Å²) in [5, 5.41) is 10.2. The number of fused-ring (bicyclic) bond motifs is 1. The van der Waals surface area contributed by atoms with Gasteiger partial charge in [-0.3, -0.25) is 29.0 Å². The van der Waals surface area contributed by atoms with Crippen LogP contribution in [0.2, 0.25) is 0 Å². The number of halogens is 1. The molecule has 0 spiro atoms. The molecule has 218 valence electrons. The third kappa shape index (κ3) is 5.25. The zero-order valence-corrected chi connectivity index (χ0v) is 22.7. The molecule has 4 atom stereocenters. The molecule has 2 fully saturated rings. The first-order chi connectivity index (χ1) is 20.7. The van der Waals surface area contributed by atoms with E-state index in [-0.39, 0.29) is 31.5 Å². The van der Waals surface area contributed by atoms with Crippen molar-refractivity contribution in [3.8, 4) is 11.1 Å². The fraction of sp³-hybridized carbons (Fsp3) is 0.267. The second-order valence-electron chi connectivity index (χ2n) is 10.6. The van der Waals surface area contributed by atoms with Crippen molar-refractivity contribution in [1.29, 1.82) is 0 Å². The average molecular weight is 584 g/mol. The van der Waals surface area contributed by atoms with Crippen LogP contribution in [-0.2, 0) is 24.0 Å². The smallest absolute Gasteiger partial charge is 0.267 e. The van der Waals surface area contributed by atoms with E-state index in [2.05, 4.69) is 20.5 Å². The number of aromatic nitrogens is 2. The Labute approximate surface area is 244 Å². The van der Waals surface area contributed by atoms with Gasteiger partial charge in [-0.25, -0.2) is 9.29 Å². The van der Waals surface area contributed by atoms with Gasteiger partial charge in [0.05, 0.1) is 43.5 Å². The predicted octanol–water partition coefficient (Wildman–Crippen LogP) is 1.25. The van der Waals surface area contributed by atoms with Gasteiger partial charge < -0.3 is 16.0 Å². The Morgan fingerprint density at radius 1 is 1.02 bits per heavy atom. The summed E-state index contributed by atoms with van der Waals surface area (Å²) < 4.78 is 14.6. The van der Waals surface area contributed by atoms with Crippen LogP contribution in [0, 0.1) is 0 Å². The van der Waals surface area contributed by atoms with Crippen LogP contribution in [0.1, 0.15) is 36.4 Å². The Hall–Kier alpha value is -5.33. The molecule has 6 rings (SSSR count). The van der Waals surface area contributed by atoms with Crippen molar-refractivity contribution in [2.24, 2.45) is 10.7 Å². The minimum atomic E-state index is -1.46. The number of carbonyl (C=O) groups is 5. The number of amides is 5. The molecular formula is C30H26FN7O5. The van der Waals surface area contributed by atoms with E-state index in [4.69, 9.17) is 5.73 Å². The zero-order chi connectivity index (χ0) is 30.2. The second kappa shape index (κ2) is 11.2. The summed E-state index contributed by atoms with van der Waals surface area (Å²) in [6.45, 7) is -0.315. The van der Waals surface area contributed by atoms with Crippen LogP contribution < -0.4 is 16.0 Å². The van der Waals surface area contributed by atoms with Gasteiger partial charge in [0.2, 0.25) is 17.7 Å². The summed E-state index contributed by atoms with van der Waals surface area (Å²) in [5.74, 6) is -3.11. The van der Waals surface area contributed by atoms with Crippen LogP contribution in [-0.4, -0.2) is 75.1 Å². The molecule has 13 heteroatoms. The van der Waals surface area contributed by atoms with Gasteiger partial charge in [-0.1, -0.05) is 30.3 Å². The first-order valence-corrected chi connectivity index (χ1v) is 13.7. The van der Waals surface area contributed by atoms with Gasteiger partial charge in [0, 0.05) is 17.5 Å². The number of carbonyl (C=O) groups excluding carboxylic acids is 5. The molecule has 12 nitrogen and oxygen atoms in total. The third-order valence-corrected chi connectivity index (χ3v) is 7.82. The number of nitrogens with two attached hydrogens (primary N) is 1. The topological polar surface area (TPSA) is 168 Å². The number of para-hydroxylation sites is 1. The molecule has 5 amide bonds. The summed E-state index contributed by atoms with van der Waals surface area (Å²) in [5.41, 5.74) is 8.58. The molecule has 2 aromatic carbocycles. The summed E-state index contributed by atoms with van der Waals surface area (Å²) in [4.78, 5) is 71.0. The number of anilines is 1. The Balaban J connectivity index is 1.17. The maximum atomic E-state index is 14.6. The quantitative estimate of drug-likeness (QED) is 0.395. The molecule has 4 heterocycles. The third-order valence-electron chi connectivity index (χ3n) is 7.82. The maximum absolute atomic E-state index is 14.6. The maximum Gasteiger partial charge on any atom is 0.267 e. The molecule has 0 bridgehead atoms. The van der Waals surface area contributed by atoms with Gasteiger partial charge >= 0.3 is 0 Å². The highest BCUT2D eigenvalue weighted by molar-refractivity contribution is 6.46. The fourth-order valence-electron chi connectivity index (χ4n) is 5.79. The van der Waals surface area contributed by atoms with E-state index in [1.807, 2.05) is 0 Å². The van der Waals surface area contributed by atoms with Gasteiger partial charge in [0.15, 0.2) is 0 Å². The number of nitrogens with zero attached hydrogens (tertiary/aromatic N) is 5. The lowest BCUT2D eigenvalue weighted by Crippen LogP contribution is -2.50. The van der Waals surface area contributed by atoms with Crippen molar-refractivity contribution >= 4 is 40.9 Å². The Bertz CT molecular complexity index is 1670. The number of hydrogen-bond acceptors (Lipinski definition) is 8. The Morgan fingerprint density at radius 3 is 2.53 bits per heavy atom. The van der Waals surface area contributed by atoms with Crippen LogP contribution >= 0.6 is 0 Å². The molecule has 1 aromatic heterocycles. The number of likely N-dealkylation sites (tertiary alicyclic amines) is 1. The molecule has 3 aromatic rings. The number of benzene rings is 2. The molecule has 0 saturated carbocycles. The SMILES string of the molecule is NC(=O)C1=NC(CC(=O)N2CC(F)CC2C(=O)NC2CC(=O)N(c3ccccc3)C2=O)c2ccc(-c3ccnnc3)cc21. The molecule has 3 aliphatic heterocycles. The summed E-state index contributed by atoms with van der Waals surface area (Å²) >= 11 is 0. The average Bonchev–Trinajstić information content (AvgIpc) is 3.66. The van der Waals surface area contributed by atoms with Crippen molar-refractivity contribution in [2.45, 2.75) is 43.6 Å². The number of aliphatic imine (C=N–C) groups is 1. The van der Waals surface area contributed by atoms with Crippen molar-refractivity contribution in [3.05, 3.63) is 78.1 Å². The first kappa shape index (κ1) is 27.8. The largest absolute Gasteiger partial charge is 0.364 e. The molecule has 0 aliphatic carbocycles. The number of nitrogens with one attached hydrogen (secondary N) is 1. The van der Waals surface area contributed by atoms with Crippen LogP contribution in [0.25, 0.3) is 11.1 Å². The summed E-state index contributed by atoms with van der Waals surface area (Å²) in [7, 11) is 0. The highest BCUT2D eigenvalue weighted by Gasteiger charge is 2.45. The Kier molecular flexibility index (Phi) is 7.22. The molecule has 43 heavy (non-hydrogen) atoms. The molecule has 2 saturated heterocycles. The molecule has 0 radical (unpaired) electrons. The molecular weight excluding hydrogens is 557 g/mol. The number of primary amides is 1. The van der Waals surface area contributed by atoms with Crippen molar-refractivity contribution in [1.82, 2.24) is 20.4 Å². The standard InChI is InChI=1S/C30H26FN7O5/c31-18-11-24(29(42)36-23-13-26(40)38(30(23)43)19-4-2-1-3-5-19)37(15-18)25(39)12-22-20-7-6-16(17-8-9-33-34-14-17)10-21(20)27(35-22)28(32)41/h1-10,14,18,22-24H,11-13,15H2,(H2,32,41)(H,36,42). The number of rotatable bonds is 7. The van der Waals surface area contributed by atoms with Gasteiger partial charge in [-0.15, -0.1) is 0 Å². The lowest BCUT2D eigenvalue weighted by Gasteiger charge is -2.25. The lowest BCUT2D eigenvalue weighted by atomic mass is 9.95. The molecule has 3 aliphatic rings. The highest BCUT2D eigenvalue weighted by Crippen LogP contribution is 2.36. The number of alkyl halides is 1. The highest BCUT2D eigenvalue weighted by atomic mass is 19.1. The zero-order valence-electron chi connectivity index (χ0n) is 22.7. The minimum absolute atomic E-state index is 0.0168. The van der Waals surface area contributed by atoms with Crippen LogP contribution in [0.4, 0.5) is 10.1 Å². The normalized spacial score (nSPS) is 22.9. The van der Waals surface area contributed by atoms with E-state index in [0.29, 0.717) is 16.8 Å². The first-order valence-electron chi connectivity index (χ1n) is 13.7. The van der Waals surface area contributed by atoms with Gasteiger partial charge in [0.25, 0.3) is 11.8 Å². The van der Waals surface area contributed by atoms with Crippen LogP contribution in [0.5, 0.6) is 0 Å². The lowest BCUT2D eigenvalue weighted by molar-refractivity contribution is -0.139. The van der Waals surface area contributed by atoms with Crippen molar-refractivity contribution in [3.63, 3.8) is 0 Å². The predicted molar refractivity (Wildman–Crippen MR) is 151 cm³/mol. The van der Waals surface area contributed by atoms with Gasteiger partial charge in [-0.05, 0) is 35.4 Å². The second-order valence-corrected chi connectivity index (χ2v) is 10.6. The van der Waals surface area contributed by atoms with E-state index < -0.39 is 53.8 Å². The number of hydrogen-bond donors (Lipinski definition) is 2. The summed E-state index contributed by atoms with van der Waals surface area (Å²) in [6, 6.07) is 12.3. The minimum Gasteiger partial charge on any atom is -0.364 e. The Morgan fingerprint density at radius 2 is 1.81 bits per heavy atom. The van der Waals surface area contributed by atoms with Gasteiger partial charge in [0.1, 0.15) is 24.0 Å². The van der Waals surface area contributed by atoms with E-state index in [1.54, 1.807) is 60.8 Å². The number of imide groups is 1. The molecule has 3 N–H and O–H groups in total. The van der Waals surface area contributed by atoms with E-state index in [9.17, 15) is 28.4 Å². The van der Waals surface area contributed by atoms with E-state index >= 15 is 0 Å². The van der Waals surface area contributed by atoms with E-state index in [0.717, 1.165) is 20.9 Å². The van der Waals surface area contributed by atoms with Crippen molar-refractivity contribution < 1.29 is 28.4 Å². The molecule has 4 unspecified atom stereocenters. The van der Waals surface area contributed by atoms with E-state index in [1.165, 1.54) is 6.20 Å². The van der Waals surface area contributed by atoms with Crippen LogP contribution in [0.15, 0.2) is 72.0 Å².